The van der Waals surface area contributed by atoms with E-state index in [4.69, 9.17) is 0 Å². The molecule has 4 aromatic heterocycles. The van der Waals surface area contributed by atoms with Crippen molar-refractivity contribution >= 4 is 26.8 Å². The Hall–Kier alpha value is -4.08. The van der Waals surface area contributed by atoms with Crippen LogP contribution in [-0.2, 0) is 16.4 Å². The number of nitrogens with zero attached hydrogens (tertiary/aromatic N) is 8. The molecule has 1 atom stereocenters. The summed E-state index contributed by atoms with van der Waals surface area (Å²) in [6, 6.07) is -2.24. The second-order valence-electron chi connectivity index (χ2n) is 9.62. The molecule has 0 bridgehead atoms. The van der Waals surface area contributed by atoms with Crippen molar-refractivity contribution in [3.05, 3.63) is 51.9 Å². The number of rotatable bonds is 7. The van der Waals surface area contributed by atoms with Crippen molar-refractivity contribution in [1.82, 2.24) is 39.5 Å². The maximum Gasteiger partial charge on any atom is 0.409 e. The van der Waals surface area contributed by atoms with Gasteiger partial charge in [0.2, 0.25) is 0 Å². The molecular weight excluding hydrogens is 551 g/mol. The van der Waals surface area contributed by atoms with Crippen molar-refractivity contribution in [2.24, 2.45) is 0 Å². The third-order valence-electron chi connectivity index (χ3n) is 6.53. The minimum absolute atomic E-state index is 0.00272. The fourth-order valence-electron chi connectivity index (χ4n) is 4.19. The van der Waals surface area contributed by atoms with Crippen LogP contribution < -0.4 is 10.9 Å². The van der Waals surface area contributed by atoms with Crippen LogP contribution in [-0.4, -0.2) is 60.3 Å². The molecule has 0 aromatic carbocycles. The zero-order chi connectivity index (χ0) is 29.0. The van der Waals surface area contributed by atoms with Crippen molar-refractivity contribution in [2.75, 3.05) is 11.6 Å². The molecule has 1 aliphatic carbocycles. The van der Waals surface area contributed by atoms with Crippen molar-refractivity contribution in [3.63, 3.8) is 0 Å². The fourth-order valence-corrected chi connectivity index (χ4v) is 4.68. The van der Waals surface area contributed by atoms with Gasteiger partial charge in [-0.3, -0.25) is 14.3 Å². The van der Waals surface area contributed by atoms with Crippen LogP contribution in [0.4, 0.5) is 19.0 Å². The first-order valence-corrected chi connectivity index (χ1v) is 14.1. The molecule has 12 nitrogen and oxygen atoms in total. The largest absolute Gasteiger partial charge is 0.409 e. The molecule has 1 N–H and O–H groups in total. The minimum atomic E-state index is -4.77. The Bertz CT molecular complexity index is 1790. The number of sulfone groups is 1. The van der Waals surface area contributed by atoms with Gasteiger partial charge in [-0.15, -0.1) is 0 Å². The topological polar surface area (TPSA) is 158 Å². The van der Waals surface area contributed by atoms with E-state index in [2.05, 4.69) is 40.2 Å². The van der Waals surface area contributed by atoms with Gasteiger partial charge in [-0.2, -0.15) is 13.2 Å². The molecule has 1 saturated carbocycles. The molecule has 0 saturated heterocycles. The molecule has 0 spiro atoms. The highest BCUT2D eigenvalue weighted by molar-refractivity contribution is 7.90. The van der Waals surface area contributed by atoms with Crippen LogP contribution in [0, 0.1) is 13.8 Å². The van der Waals surface area contributed by atoms with E-state index < -0.39 is 27.6 Å². The molecule has 0 unspecified atom stereocenters. The lowest BCUT2D eigenvalue weighted by Gasteiger charge is -2.22. The Kier molecular flexibility index (Phi) is 6.76. The van der Waals surface area contributed by atoms with E-state index in [9.17, 15) is 26.4 Å². The first-order chi connectivity index (χ1) is 18.8. The predicted molar refractivity (Wildman–Crippen MR) is 137 cm³/mol. The number of alkyl halides is 3. The lowest BCUT2D eigenvalue weighted by molar-refractivity contribution is -0.162. The Morgan fingerprint density at radius 2 is 1.77 bits per heavy atom. The van der Waals surface area contributed by atoms with Gasteiger partial charge in [-0.1, -0.05) is 0 Å². The van der Waals surface area contributed by atoms with Gasteiger partial charge in [0.15, 0.2) is 32.2 Å². The lowest BCUT2D eigenvalue weighted by atomic mass is 10.1. The van der Waals surface area contributed by atoms with Gasteiger partial charge < -0.3 is 5.32 Å². The summed E-state index contributed by atoms with van der Waals surface area (Å²) < 4.78 is 65.8. The standard InChI is InChI=1S/C24H24F3N9O3S/c1-11-17(19(14-5-6-14)32-10-31-11)20-33-12(2)18-22(35-20)36(13(3)24(25,26)27)23(37)21(34-18)30-8-15-7-29-16(9-28-15)40(4,38)39/h7,9-10,13-14H,5-6,8H2,1-4H3,(H,30,34)/t13-/m0/s1. The van der Waals surface area contributed by atoms with Crippen molar-refractivity contribution in [1.29, 1.82) is 0 Å². The number of hydrogen-bond acceptors (Lipinski definition) is 11. The average Bonchev–Trinajstić information content (AvgIpc) is 3.72. The number of aromatic nitrogens is 8. The quantitative estimate of drug-likeness (QED) is 0.345. The van der Waals surface area contributed by atoms with E-state index in [0.29, 0.717) is 15.8 Å². The van der Waals surface area contributed by atoms with E-state index in [1.807, 2.05) is 0 Å². The van der Waals surface area contributed by atoms with Crippen LogP contribution in [0.3, 0.4) is 0 Å². The van der Waals surface area contributed by atoms with Crippen LogP contribution in [0.15, 0.2) is 28.5 Å². The Balaban J connectivity index is 1.64. The minimum Gasteiger partial charge on any atom is -0.360 e. The highest BCUT2D eigenvalue weighted by Crippen LogP contribution is 2.43. The third-order valence-corrected chi connectivity index (χ3v) is 7.50. The van der Waals surface area contributed by atoms with Gasteiger partial charge in [0.05, 0.1) is 47.3 Å². The Labute approximate surface area is 226 Å². The predicted octanol–water partition coefficient (Wildman–Crippen LogP) is 3.07. The molecule has 1 aliphatic rings. The zero-order valence-corrected chi connectivity index (χ0v) is 22.7. The van der Waals surface area contributed by atoms with E-state index in [1.165, 1.54) is 12.5 Å². The number of anilines is 1. The highest BCUT2D eigenvalue weighted by atomic mass is 32.2. The number of nitrogens with one attached hydrogen (secondary N) is 1. The maximum atomic E-state index is 14.0. The molecule has 40 heavy (non-hydrogen) atoms. The first kappa shape index (κ1) is 27.5. The number of hydrogen-bond donors (Lipinski definition) is 1. The van der Waals surface area contributed by atoms with Gasteiger partial charge in [0.1, 0.15) is 17.9 Å². The van der Waals surface area contributed by atoms with E-state index in [0.717, 1.165) is 37.9 Å². The molecule has 4 aromatic rings. The van der Waals surface area contributed by atoms with Crippen molar-refractivity contribution in [2.45, 2.75) is 63.3 Å². The van der Waals surface area contributed by atoms with Crippen LogP contribution in [0.1, 0.15) is 54.5 Å². The van der Waals surface area contributed by atoms with Gasteiger partial charge in [0.25, 0.3) is 5.56 Å². The summed E-state index contributed by atoms with van der Waals surface area (Å²) in [4.78, 5) is 43.1. The molecule has 16 heteroatoms. The summed E-state index contributed by atoms with van der Waals surface area (Å²) in [5, 5.41) is 2.46. The van der Waals surface area contributed by atoms with Crippen molar-refractivity contribution in [3.8, 4) is 11.4 Å². The summed E-state index contributed by atoms with van der Waals surface area (Å²) in [7, 11) is -3.57. The molecule has 0 amide bonds. The fraction of sp³-hybridized carbons (Fsp3) is 0.417. The summed E-state index contributed by atoms with van der Waals surface area (Å²) >= 11 is 0. The van der Waals surface area contributed by atoms with E-state index in [1.54, 1.807) is 13.8 Å². The van der Waals surface area contributed by atoms with Crippen LogP contribution in [0.25, 0.3) is 22.6 Å². The normalized spacial score (nSPS) is 14.9. The van der Waals surface area contributed by atoms with Gasteiger partial charge in [-0.05, 0) is 33.6 Å². The van der Waals surface area contributed by atoms with Crippen LogP contribution in [0.5, 0.6) is 0 Å². The maximum absolute atomic E-state index is 14.0. The molecule has 0 aliphatic heterocycles. The summed E-state index contributed by atoms with van der Waals surface area (Å²) in [6.45, 7) is 4.02. The zero-order valence-electron chi connectivity index (χ0n) is 21.9. The van der Waals surface area contributed by atoms with Crippen LogP contribution in [0.2, 0.25) is 0 Å². The first-order valence-electron chi connectivity index (χ1n) is 12.2. The molecular formula is C24H24F3N9O3S. The Morgan fingerprint density at radius 1 is 1.05 bits per heavy atom. The molecule has 210 valence electrons. The monoisotopic (exact) mass is 575 g/mol. The lowest BCUT2D eigenvalue weighted by Crippen LogP contribution is -2.35. The van der Waals surface area contributed by atoms with E-state index in [-0.39, 0.29) is 51.7 Å². The smallest absolute Gasteiger partial charge is 0.360 e. The second-order valence-corrected chi connectivity index (χ2v) is 11.6. The average molecular weight is 576 g/mol. The SMILES string of the molecule is Cc1ncnc(C2CC2)c1-c1nc(C)c2nc(NCc3cnc(S(C)(=O)=O)cn3)c(=O)n([C@@H](C)C(F)(F)F)c2n1. The van der Waals surface area contributed by atoms with Gasteiger partial charge >= 0.3 is 6.18 Å². The summed E-state index contributed by atoms with van der Waals surface area (Å²) in [5.74, 6) is -0.0712. The van der Waals surface area contributed by atoms with Crippen LogP contribution >= 0.6 is 0 Å². The number of fused-ring (bicyclic) bond motifs is 1. The third kappa shape index (κ3) is 5.22. The number of aryl methyl sites for hydroxylation is 2. The molecule has 0 radical (unpaired) electrons. The molecule has 5 rings (SSSR count). The van der Waals surface area contributed by atoms with E-state index >= 15 is 0 Å². The van der Waals surface area contributed by atoms with Gasteiger partial charge in [-0.25, -0.2) is 38.3 Å². The summed E-state index contributed by atoms with van der Waals surface area (Å²) in [5.41, 5.74) is 1.000. The molecule has 1 fully saturated rings. The second kappa shape index (κ2) is 9.83. The summed E-state index contributed by atoms with van der Waals surface area (Å²) in [6.07, 6.45) is 1.71. The highest BCUT2D eigenvalue weighted by Gasteiger charge is 2.40. The Morgan fingerprint density at radius 3 is 2.38 bits per heavy atom. The van der Waals surface area contributed by atoms with Gasteiger partial charge in [0, 0.05) is 12.2 Å². The molecule has 4 heterocycles. The number of halogens is 3. The van der Waals surface area contributed by atoms with Crippen molar-refractivity contribution < 1.29 is 21.6 Å².